The highest BCUT2D eigenvalue weighted by atomic mass is 16.5. The van der Waals surface area contributed by atoms with Crippen LogP contribution in [-0.2, 0) is 11.2 Å². The van der Waals surface area contributed by atoms with E-state index in [1.54, 1.807) is 24.4 Å². The van der Waals surface area contributed by atoms with Gasteiger partial charge in [-0.15, -0.1) is 0 Å². The number of methoxy groups -OCH3 is 1. The van der Waals surface area contributed by atoms with Gasteiger partial charge < -0.3 is 14.5 Å². The van der Waals surface area contributed by atoms with Gasteiger partial charge in [-0.25, -0.2) is 0 Å². The number of hydrazine groups is 1. The van der Waals surface area contributed by atoms with Crippen molar-refractivity contribution in [2.24, 2.45) is 0 Å². The summed E-state index contributed by atoms with van der Waals surface area (Å²) in [6, 6.07) is 12.6. The normalized spacial score (nSPS) is 10.5. The van der Waals surface area contributed by atoms with Crippen molar-refractivity contribution in [3.8, 4) is 11.5 Å². The molecular formula is C21H23N3O4. The monoisotopic (exact) mass is 381 g/mol. The molecule has 0 aliphatic carbocycles. The number of carbonyl (C=O) groups excluding carboxylic acids is 2. The van der Waals surface area contributed by atoms with Crippen LogP contribution in [0.3, 0.4) is 0 Å². The quantitative estimate of drug-likeness (QED) is 0.549. The lowest BCUT2D eigenvalue weighted by atomic mass is 10.1. The van der Waals surface area contributed by atoms with Crippen molar-refractivity contribution in [2.75, 3.05) is 13.7 Å². The first-order valence-corrected chi connectivity index (χ1v) is 9.07. The summed E-state index contributed by atoms with van der Waals surface area (Å²) >= 11 is 0. The Hall–Kier alpha value is -3.48. The predicted octanol–water partition coefficient (Wildman–Crippen LogP) is 2.97. The zero-order valence-electron chi connectivity index (χ0n) is 15.9. The maximum atomic E-state index is 12.3. The molecular weight excluding hydrogens is 358 g/mol. The Morgan fingerprint density at radius 3 is 2.68 bits per heavy atom. The Bertz CT molecular complexity index is 981. The van der Waals surface area contributed by atoms with Gasteiger partial charge in [0.2, 0.25) is 5.91 Å². The molecule has 3 N–H and O–H groups in total. The molecule has 0 spiro atoms. The van der Waals surface area contributed by atoms with E-state index in [0.29, 0.717) is 23.7 Å². The highest BCUT2D eigenvalue weighted by Crippen LogP contribution is 2.28. The van der Waals surface area contributed by atoms with E-state index in [-0.39, 0.29) is 12.3 Å². The van der Waals surface area contributed by atoms with Crippen LogP contribution in [-0.4, -0.2) is 30.5 Å². The Balaban J connectivity index is 1.59. The number of aromatic amines is 1. The number of H-pyrrole nitrogens is 1. The number of rotatable bonds is 7. The summed E-state index contributed by atoms with van der Waals surface area (Å²) in [7, 11) is 1.51. The van der Waals surface area contributed by atoms with Gasteiger partial charge in [0.1, 0.15) is 0 Å². The number of aromatic nitrogens is 1. The third kappa shape index (κ3) is 4.43. The van der Waals surface area contributed by atoms with Crippen LogP contribution in [0.4, 0.5) is 0 Å². The van der Waals surface area contributed by atoms with Crippen LogP contribution in [0.25, 0.3) is 10.9 Å². The number of ether oxygens (including phenoxy) is 2. The Morgan fingerprint density at radius 1 is 1.07 bits per heavy atom. The molecule has 7 heteroatoms. The fraction of sp³-hybridized carbons (Fsp3) is 0.238. The lowest BCUT2D eigenvalue weighted by Crippen LogP contribution is -2.42. The largest absolute Gasteiger partial charge is 0.493 e. The van der Waals surface area contributed by atoms with Gasteiger partial charge in [-0.2, -0.15) is 0 Å². The summed E-state index contributed by atoms with van der Waals surface area (Å²) < 4.78 is 10.8. The smallest absolute Gasteiger partial charge is 0.269 e. The van der Waals surface area contributed by atoms with Crippen molar-refractivity contribution in [1.29, 1.82) is 0 Å². The van der Waals surface area contributed by atoms with Gasteiger partial charge in [0.15, 0.2) is 11.5 Å². The summed E-state index contributed by atoms with van der Waals surface area (Å²) in [6.07, 6.45) is 2.82. The number of amides is 2. The van der Waals surface area contributed by atoms with Crippen molar-refractivity contribution in [3.05, 3.63) is 59.8 Å². The Morgan fingerprint density at radius 2 is 1.89 bits per heavy atom. The molecule has 0 radical (unpaired) electrons. The van der Waals surface area contributed by atoms with E-state index < -0.39 is 5.91 Å². The predicted molar refractivity (Wildman–Crippen MR) is 106 cm³/mol. The summed E-state index contributed by atoms with van der Waals surface area (Å²) in [5.41, 5.74) is 7.06. The Kier molecular flexibility index (Phi) is 6.16. The number of para-hydroxylation sites is 1. The van der Waals surface area contributed by atoms with E-state index in [0.717, 1.165) is 22.9 Å². The van der Waals surface area contributed by atoms with Crippen molar-refractivity contribution >= 4 is 22.7 Å². The molecule has 0 aliphatic heterocycles. The summed E-state index contributed by atoms with van der Waals surface area (Å²) in [5, 5.41) is 0.983. The highest BCUT2D eigenvalue weighted by Gasteiger charge is 2.13. The molecule has 2 aromatic carbocycles. The summed E-state index contributed by atoms with van der Waals surface area (Å²) in [5.74, 6) is 0.288. The molecule has 0 aliphatic rings. The molecule has 0 saturated carbocycles. The van der Waals surface area contributed by atoms with Crippen LogP contribution in [0.2, 0.25) is 0 Å². The molecule has 1 aromatic heterocycles. The van der Waals surface area contributed by atoms with Crippen LogP contribution in [0.15, 0.2) is 48.7 Å². The van der Waals surface area contributed by atoms with E-state index >= 15 is 0 Å². The molecule has 146 valence electrons. The molecule has 0 atom stereocenters. The second-order valence-corrected chi connectivity index (χ2v) is 6.25. The fourth-order valence-corrected chi connectivity index (χ4v) is 2.83. The molecule has 0 fully saturated rings. The second kappa shape index (κ2) is 8.94. The fourth-order valence-electron chi connectivity index (χ4n) is 2.83. The highest BCUT2D eigenvalue weighted by molar-refractivity contribution is 5.96. The van der Waals surface area contributed by atoms with Gasteiger partial charge in [0.05, 0.1) is 20.1 Å². The molecule has 1 heterocycles. The van der Waals surface area contributed by atoms with Gasteiger partial charge in [0.25, 0.3) is 5.91 Å². The number of carbonyl (C=O) groups is 2. The summed E-state index contributed by atoms with van der Waals surface area (Å²) in [6.45, 7) is 2.57. The SMILES string of the molecule is CCCOc1ccc(C(=O)NNC(=O)Cc2c[nH]c3ccccc23)cc1OC. The standard InChI is InChI=1S/C21H23N3O4/c1-3-10-28-18-9-8-14(11-19(18)27-2)21(26)24-23-20(25)12-15-13-22-17-7-5-4-6-16(15)17/h4-9,11,13,22H,3,10,12H2,1-2H3,(H,23,25)(H,24,26). The maximum absolute atomic E-state index is 12.3. The van der Waals surface area contributed by atoms with E-state index in [1.165, 1.54) is 7.11 Å². The molecule has 0 bridgehead atoms. The molecule has 2 amide bonds. The topological polar surface area (TPSA) is 92.5 Å². The zero-order chi connectivity index (χ0) is 19.9. The van der Waals surface area contributed by atoms with Gasteiger partial charge in [0, 0.05) is 22.7 Å². The van der Waals surface area contributed by atoms with Crippen LogP contribution < -0.4 is 20.3 Å². The second-order valence-electron chi connectivity index (χ2n) is 6.25. The van der Waals surface area contributed by atoms with Gasteiger partial charge in [-0.1, -0.05) is 25.1 Å². The van der Waals surface area contributed by atoms with Crippen molar-refractivity contribution in [3.63, 3.8) is 0 Å². The van der Waals surface area contributed by atoms with E-state index in [2.05, 4.69) is 15.8 Å². The zero-order valence-corrected chi connectivity index (χ0v) is 15.9. The minimum atomic E-state index is -0.437. The van der Waals surface area contributed by atoms with Crippen LogP contribution in [0.5, 0.6) is 11.5 Å². The lowest BCUT2D eigenvalue weighted by Gasteiger charge is -2.12. The summed E-state index contributed by atoms with van der Waals surface area (Å²) in [4.78, 5) is 27.7. The first-order valence-electron chi connectivity index (χ1n) is 9.07. The number of benzene rings is 2. The Labute approximate surface area is 163 Å². The van der Waals surface area contributed by atoms with E-state index in [1.807, 2.05) is 31.2 Å². The molecule has 0 saturated heterocycles. The van der Waals surface area contributed by atoms with Crippen molar-refractivity contribution in [1.82, 2.24) is 15.8 Å². The molecule has 3 rings (SSSR count). The third-order valence-electron chi connectivity index (χ3n) is 4.23. The van der Waals surface area contributed by atoms with Crippen molar-refractivity contribution in [2.45, 2.75) is 19.8 Å². The third-order valence-corrected chi connectivity index (χ3v) is 4.23. The maximum Gasteiger partial charge on any atom is 0.269 e. The van der Waals surface area contributed by atoms with E-state index in [4.69, 9.17) is 9.47 Å². The number of nitrogens with one attached hydrogen (secondary N) is 3. The molecule has 7 nitrogen and oxygen atoms in total. The molecule has 0 unspecified atom stereocenters. The number of fused-ring (bicyclic) bond motifs is 1. The number of hydrogen-bond donors (Lipinski definition) is 3. The average molecular weight is 381 g/mol. The van der Waals surface area contributed by atoms with Crippen LogP contribution in [0.1, 0.15) is 29.3 Å². The van der Waals surface area contributed by atoms with E-state index in [9.17, 15) is 9.59 Å². The van der Waals surface area contributed by atoms with Gasteiger partial charge in [-0.05, 0) is 36.2 Å². The molecule has 3 aromatic rings. The minimum absolute atomic E-state index is 0.150. The minimum Gasteiger partial charge on any atom is -0.493 e. The van der Waals surface area contributed by atoms with Crippen LogP contribution >= 0.6 is 0 Å². The van der Waals surface area contributed by atoms with Crippen molar-refractivity contribution < 1.29 is 19.1 Å². The molecule has 28 heavy (non-hydrogen) atoms. The van der Waals surface area contributed by atoms with Gasteiger partial charge >= 0.3 is 0 Å². The first-order chi connectivity index (χ1) is 13.6. The van der Waals surface area contributed by atoms with Crippen LogP contribution in [0, 0.1) is 0 Å². The average Bonchev–Trinajstić information content (AvgIpc) is 3.13. The number of hydrogen-bond acceptors (Lipinski definition) is 4. The lowest BCUT2D eigenvalue weighted by molar-refractivity contribution is -0.121. The first kappa shape index (κ1) is 19.3. The van der Waals surface area contributed by atoms with Gasteiger partial charge in [-0.3, -0.25) is 20.4 Å².